The fraction of sp³-hybridized carbons (Fsp3) is 0.500. The third-order valence-electron chi connectivity index (χ3n) is 7.29. The molecule has 0 bridgehead atoms. The van der Waals surface area contributed by atoms with Crippen LogP contribution in [-0.4, -0.2) is 38.3 Å². The number of fused-ring (bicyclic) bond motifs is 4. The number of pyridine rings is 1. The molecule has 1 aliphatic carbocycles. The minimum Gasteiger partial charge on any atom is -0.371 e. The normalized spacial score (nSPS) is 30.9. The van der Waals surface area contributed by atoms with Crippen molar-refractivity contribution >= 4 is 5.69 Å². The van der Waals surface area contributed by atoms with Gasteiger partial charge in [-0.1, -0.05) is 13.8 Å². The Labute approximate surface area is 183 Å². The SMILES string of the molecule is CC(C)c1ncc2n1-c1ncccc1NC21CCC(CN2C=CC(F)=CC23CO3)CC1.[HH]. The molecular weight excluding hydrogens is 393 g/mol. The zero-order valence-corrected chi connectivity index (χ0v) is 18.0. The van der Waals surface area contributed by atoms with Gasteiger partial charge in [-0.25, -0.2) is 14.4 Å². The Kier molecular flexibility index (Phi) is 4.09. The van der Waals surface area contributed by atoms with Gasteiger partial charge < -0.3 is 15.0 Å². The summed E-state index contributed by atoms with van der Waals surface area (Å²) < 4.78 is 21.6. The lowest BCUT2D eigenvalue weighted by atomic mass is 9.73. The van der Waals surface area contributed by atoms with E-state index in [0.717, 1.165) is 49.6 Å². The molecule has 1 saturated carbocycles. The molecule has 2 aromatic heterocycles. The Morgan fingerprint density at radius 3 is 2.87 bits per heavy atom. The lowest BCUT2D eigenvalue weighted by Crippen LogP contribution is -2.46. The van der Waals surface area contributed by atoms with Crippen molar-refractivity contribution in [3.8, 4) is 5.82 Å². The summed E-state index contributed by atoms with van der Waals surface area (Å²) in [5.41, 5.74) is 1.65. The van der Waals surface area contributed by atoms with E-state index >= 15 is 0 Å². The molecule has 4 aliphatic rings. The molecule has 0 amide bonds. The molecule has 6 nitrogen and oxygen atoms in total. The molecule has 0 radical (unpaired) electrons. The van der Waals surface area contributed by atoms with Gasteiger partial charge in [-0.15, -0.1) is 0 Å². The standard InChI is InChI=1S/C24H28FN5O.H2/c1-16(2)21-27-13-20-23(28-19-4-3-10-26-22(19)30(20)21)8-5-17(6-9-23)14-29-11-7-18(25)12-24(29)15-31-24;/h3-4,7,10-13,16-17,28H,5-6,8-9,14-15H2,1-2H3;1H. The van der Waals surface area contributed by atoms with Crippen LogP contribution in [0.4, 0.5) is 10.1 Å². The van der Waals surface area contributed by atoms with Crippen LogP contribution in [0.5, 0.6) is 0 Å². The maximum Gasteiger partial charge on any atom is 0.187 e. The molecule has 1 N–H and O–H groups in total. The second-order valence-corrected chi connectivity index (χ2v) is 9.65. The van der Waals surface area contributed by atoms with Crippen LogP contribution < -0.4 is 5.32 Å². The number of aromatic nitrogens is 3. The third kappa shape index (κ3) is 2.93. The van der Waals surface area contributed by atoms with Crippen molar-refractivity contribution in [1.82, 2.24) is 19.4 Å². The second kappa shape index (κ2) is 6.66. The van der Waals surface area contributed by atoms with Crippen molar-refractivity contribution in [2.45, 2.75) is 56.7 Å². The average Bonchev–Trinajstić information content (AvgIpc) is 3.36. The number of anilines is 1. The van der Waals surface area contributed by atoms with E-state index in [0.29, 0.717) is 18.4 Å². The van der Waals surface area contributed by atoms with Crippen molar-refractivity contribution in [3.63, 3.8) is 0 Å². The molecule has 164 valence electrons. The van der Waals surface area contributed by atoms with Gasteiger partial charge in [-0.3, -0.25) is 4.57 Å². The molecule has 7 heteroatoms. The Balaban J connectivity index is 0.00000216. The summed E-state index contributed by atoms with van der Waals surface area (Å²) >= 11 is 0. The molecule has 5 heterocycles. The lowest BCUT2D eigenvalue weighted by molar-refractivity contribution is 0.121. The van der Waals surface area contributed by atoms with E-state index in [9.17, 15) is 4.39 Å². The molecule has 31 heavy (non-hydrogen) atoms. The van der Waals surface area contributed by atoms with Gasteiger partial charge in [0, 0.05) is 32.4 Å². The number of epoxide rings is 1. The Morgan fingerprint density at radius 1 is 1.32 bits per heavy atom. The minimum absolute atomic E-state index is 0. The van der Waals surface area contributed by atoms with Crippen molar-refractivity contribution in [2.24, 2.45) is 5.92 Å². The monoisotopic (exact) mass is 423 g/mol. The number of allylic oxidation sites excluding steroid dienone is 2. The first-order valence-electron chi connectivity index (χ1n) is 11.3. The van der Waals surface area contributed by atoms with E-state index in [4.69, 9.17) is 9.72 Å². The van der Waals surface area contributed by atoms with Crippen LogP contribution in [-0.2, 0) is 10.3 Å². The second-order valence-electron chi connectivity index (χ2n) is 9.65. The summed E-state index contributed by atoms with van der Waals surface area (Å²) in [4.78, 5) is 11.6. The van der Waals surface area contributed by atoms with Crippen LogP contribution in [0.15, 0.2) is 48.7 Å². The topological polar surface area (TPSA) is 58.5 Å². The van der Waals surface area contributed by atoms with E-state index in [1.54, 1.807) is 6.08 Å². The van der Waals surface area contributed by atoms with E-state index in [2.05, 4.69) is 39.7 Å². The van der Waals surface area contributed by atoms with Gasteiger partial charge in [-0.05, 0) is 49.8 Å². The fourth-order valence-corrected chi connectivity index (χ4v) is 5.51. The van der Waals surface area contributed by atoms with Gasteiger partial charge in [0.1, 0.15) is 18.3 Å². The summed E-state index contributed by atoms with van der Waals surface area (Å²) in [6.07, 6.45) is 13.2. The van der Waals surface area contributed by atoms with Gasteiger partial charge in [0.2, 0.25) is 0 Å². The molecule has 1 atom stereocenters. The van der Waals surface area contributed by atoms with Gasteiger partial charge in [0.25, 0.3) is 0 Å². The van der Waals surface area contributed by atoms with Crippen molar-refractivity contribution < 1.29 is 10.6 Å². The Morgan fingerprint density at radius 2 is 2.13 bits per heavy atom. The molecule has 2 fully saturated rings. The first-order valence-corrected chi connectivity index (χ1v) is 11.3. The van der Waals surface area contributed by atoms with Crippen LogP contribution in [0.3, 0.4) is 0 Å². The van der Waals surface area contributed by atoms with Gasteiger partial charge in [-0.2, -0.15) is 0 Å². The first-order chi connectivity index (χ1) is 15.0. The molecular formula is C24H30FN5O. The van der Waals surface area contributed by atoms with Crippen LogP contribution in [0, 0.1) is 5.92 Å². The van der Waals surface area contributed by atoms with E-state index in [1.165, 1.54) is 11.8 Å². The summed E-state index contributed by atoms with van der Waals surface area (Å²) in [6, 6.07) is 4.11. The van der Waals surface area contributed by atoms with Gasteiger partial charge in [0.15, 0.2) is 11.5 Å². The first kappa shape index (κ1) is 19.0. The molecule has 0 aromatic carbocycles. The van der Waals surface area contributed by atoms with Crippen LogP contribution in [0.2, 0.25) is 0 Å². The number of nitrogens with zero attached hydrogens (tertiary/aromatic N) is 4. The maximum atomic E-state index is 13.7. The smallest absolute Gasteiger partial charge is 0.187 e. The van der Waals surface area contributed by atoms with Crippen LogP contribution in [0.25, 0.3) is 5.82 Å². The van der Waals surface area contributed by atoms with E-state index < -0.39 is 5.72 Å². The summed E-state index contributed by atoms with van der Waals surface area (Å²) in [5.74, 6) is 2.68. The third-order valence-corrected chi connectivity index (χ3v) is 7.29. The maximum absolute atomic E-state index is 13.7. The Bertz CT molecular complexity index is 1080. The predicted molar refractivity (Wildman–Crippen MR) is 119 cm³/mol. The Hall–Kier alpha value is -2.67. The number of hydrogen-bond acceptors (Lipinski definition) is 5. The number of hydrogen-bond donors (Lipinski definition) is 1. The summed E-state index contributed by atoms with van der Waals surface area (Å²) in [7, 11) is 0. The highest BCUT2D eigenvalue weighted by atomic mass is 19.1. The fourth-order valence-electron chi connectivity index (χ4n) is 5.51. The van der Waals surface area contributed by atoms with Gasteiger partial charge >= 0.3 is 0 Å². The summed E-state index contributed by atoms with van der Waals surface area (Å²) in [5, 5.41) is 3.84. The van der Waals surface area contributed by atoms with Crippen molar-refractivity contribution in [3.05, 3.63) is 60.2 Å². The predicted octanol–water partition coefficient (Wildman–Crippen LogP) is 4.86. The summed E-state index contributed by atoms with van der Waals surface area (Å²) in [6.45, 7) is 5.83. The number of nitrogens with one attached hydrogen (secondary N) is 1. The average molecular weight is 424 g/mol. The van der Waals surface area contributed by atoms with Crippen LogP contribution >= 0.6 is 0 Å². The lowest BCUT2D eigenvalue weighted by Gasteiger charge is -2.45. The number of rotatable bonds is 3. The van der Waals surface area contributed by atoms with Crippen molar-refractivity contribution in [2.75, 3.05) is 18.5 Å². The van der Waals surface area contributed by atoms with E-state index in [1.807, 2.05) is 24.7 Å². The molecule has 2 spiro atoms. The highest BCUT2D eigenvalue weighted by Crippen LogP contribution is 2.48. The van der Waals surface area contributed by atoms with Gasteiger partial charge in [0.05, 0.1) is 23.1 Å². The molecule has 2 aromatic rings. The zero-order valence-electron chi connectivity index (χ0n) is 18.0. The number of ether oxygens (including phenoxy) is 1. The quantitative estimate of drug-likeness (QED) is 0.715. The van der Waals surface area contributed by atoms with E-state index in [-0.39, 0.29) is 12.8 Å². The highest BCUT2D eigenvalue weighted by molar-refractivity contribution is 5.63. The number of halogens is 1. The molecule has 1 saturated heterocycles. The minimum atomic E-state index is -0.535. The largest absolute Gasteiger partial charge is 0.371 e. The van der Waals surface area contributed by atoms with Crippen LogP contribution in [0.1, 0.15) is 58.4 Å². The highest BCUT2D eigenvalue weighted by Gasteiger charge is 2.50. The molecule has 6 rings (SSSR count). The zero-order chi connectivity index (χ0) is 21.2. The van der Waals surface area contributed by atoms with Crippen molar-refractivity contribution in [1.29, 1.82) is 0 Å². The molecule has 1 unspecified atom stereocenters. The molecule has 3 aliphatic heterocycles. The number of imidazole rings is 1.